The van der Waals surface area contributed by atoms with Crippen LogP contribution in [0.25, 0.3) is 17.2 Å². The zero-order chi connectivity index (χ0) is 17.8. The molecule has 2 aromatic carbocycles. The highest BCUT2D eigenvalue weighted by atomic mass is 32.2. The first-order valence-corrected chi connectivity index (χ1v) is 8.90. The van der Waals surface area contributed by atoms with Gasteiger partial charge in [0.15, 0.2) is 0 Å². The molecule has 0 aromatic heterocycles. The Kier molecular flexibility index (Phi) is 5.31. The van der Waals surface area contributed by atoms with E-state index in [9.17, 15) is 9.59 Å². The van der Waals surface area contributed by atoms with Crippen LogP contribution in [0.3, 0.4) is 0 Å². The minimum Gasteiger partial charge on any atom is -0.481 e. The smallest absolute Gasteiger partial charge is 0.305 e. The first kappa shape index (κ1) is 17.4. The van der Waals surface area contributed by atoms with Crippen LogP contribution in [0.15, 0.2) is 59.5 Å². The Balaban J connectivity index is 1.76. The fraction of sp³-hybridized carbons (Fsp3) is 0.105. The predicted molar refractivity (Wildman–Crippen MR) is 104 cm³/mol. The first-order chi connectivity index (χ1) is 12.0. The number of carboxylic acids is 1. The number of carboxylic acid groups (broad SMARTS) is 1. The Morgan fingerprint density at radius 2 is 1.72 bits per heavy atom. The SMILES string of the molecule is O=C(O)CCN1C(=O)C(=Cc2ccc(-c3ccccc3)cc2)SC1=S. The van der Waals surface area contributed by atoms with Crippen LogP contribution in [0.4, 0.5) is 0 Å². The Labute approximate surface area is 155 Å². The number of nitrogens with zero attached hydrogens (tertiary/aromatic N) is 1. The van der Waals surface area contributed by atoms with Crippen LogP contribution in [0.1, 0.15) is 12.0 Å². The average Bonchev–Trinajstić information content (AvgIpc) is 2.88. The summed E-state index contributed by atoms with van der Waals surface area (Å²) in [6.45, 7) is 0.101. The molecule has 0 atom stereocenters. The molecule has 0 radical (unpaired) electrons. The summed E-state index contributed by atoms with van der Waals surface area (Å²) in [6, 6.07) is 18.0. The summed E-state index contributed by atoms with van der Waals surface area (Å²) in [5, 5.41) is 8.76. The van der Waals surface area contributed by atoms with E-state index < -0.39 is 5.97 Å². The number of benzene rings is 2. The highest BCUT2D eigenvalue weighted by Crippen LogP contribution is 2.33. The molecule has 1 aliphatic heterocycles. The van der Waals surface area contributed by atoms with Crippen LogP contribution >= 0.6 is 24.0 Å². The van der Waals surface area contributed by atoms with Gasteiger partial charge in [0.1, 0.15) is 4.32 Å². The maximum Gasteiger partial charge on any atom is 0.305 e. The third-order valence-electron chi connectivity index (χ3n) is 3.74. The van der Waals surface area contributed by atoms with Crippen LogP contribution in [0, 0.1) is 0 Å². The number of aliphatic carboxylic acids is 1. The maximum absolute atomic E-state index is 12.4. The van der Waals surface area contributed by atoms with Gasteiger partial charge >= 0.3 is 5.97 Å². The lowest BCUT2D eigenvalue weighted by Crippen LogP contribution is -2.30. The van der Waals surface area contributed by atoms with Crippen molar-refractivity contribution in [1.29, 1.82) is 0 Å². The third kappa shape index (κ3) is 4.15. The largest absolute Gasteiger partial charge is 0.481 e. The molecular weight excluding hydrogens is 354 g/mol. The second-order valence-corrected chi connectivity index (χ2v) is 7.14. The molecular formula is C19H15NO3S2. The van der Waals surface area contributed by atoms with Crippen molar-refractivity contribution < 1.29 is 14.7 Å². The van der Waals surface area contributed by atoms with E-state index >= 15 is 0 Å². The van der Waals surface area contributed by atoms with Crippen LogP contribution < -0.4 is 0 Å². The van der Waals surface area contributed by atoms with Gasteiger partial charge < -0.3 is 5.11 Å². The van der Waals surface area contributed by atoms with Crippen LogP contribution in [-0.4, -0.2) is 32.7 Å². The molecule has 1 heterocycles. The summed E-state index contributed by atoms with van der Waals surface area (Å²) in [6.07, 6.45) is 1.67. The van der Waals surface area contributed by atoms with Gasteiger partial charge in [0.05, 0.1) is 11.3 Å². The molecule has 0 unspecified atom stereocenters. The maximum atomic E-state index is 12.4. The first-order valence-electron chi connectivity index (χ1n) is 7.67. The molecule has 0 spiro atoms. The van der Waals surface area contributed by atoms with Crippen molar-refractivity contribution in [1.82, 2.24) is 4.90 Å². The second-order valence-electron chi connectivity index (χ2n) is 5.47. The van der Waals surface area contributed by atoms with E-state index in [2.05, 4.69) is 0 Å². The van der Waals surface area contributed by atoms with E-state index in [-0.39, 0.29) is 18.9 Å². The summed E-state index contributed by atoms with van der Waals surface area (Å²) in [5.41, 5.74) is 3.14. The Bertz CT molecular complexity index is 845. The number of rotatable bonds is 5. The molecule has 1 amide bonds. The fourth-order valence-corrected chi connectivity index (χ4v) is 3.76. The zero-order valence-corrected chi connectivity index (χ0v) is 14.8. The normalized spacial score (nSPS) is 15.8. The van der Waals surface area contributed by atoms with Crippen molar-refractivity contribution in [2.45, 2.75) is 6.42 Å². The molecule has 25 heavy (non-hydrogen) atoms. The van der Waals surface area contributed by atoms with Crippen molar-refractivity contribution in [2.75, 3.05) is 6.54 Å². The van der Waals surface area contributed by atoms with Gasteiger partial charge in [-0.3, -0.25) is 14.5 Å². The van der Waals surface area contributed by atoms with Gasteiger partial charge in [-0.25, -0.2) is 0 Å². The number of carbonyl (C=O) groups excluding carboxylic acids is 1. The minimum atomic E-state index is -0.950. The van der Waals surface area contributed by atoms with E-state index in [0.717, 1.165) is 16.7 Å². The molecule has 1 fully saturated rings. The Morgan fingerprint density at radius 1 is 1.08 bits per heavy atom. The van der Waals surface area contributed by atoms with E-state index in [1.807, 2.05) is 54.6 Å². The van der Waals surface area contributed by atoms with Crippen LogP contribution in [0.2, 0.25) is 0 Å². The molecule has 1 aliphatic rings. The molecule has 1 N–H and O–H groups in total. The second kappa shape index (κ2) is 7.63. The van der Waals surface area contributed by atoms with Crippen LogP contribution in [-0.2, 0) is 9.59 Å². The van der Waals surface area contributed by atoms with E-state index in [1.54, 1.807) is 6.08 Å². The lowest BCUT2D eigenvalue weighted by molar-refractivity contribution is -0.137. The highest BCUT2D eigenvalue weighted by molar-refractivity contribution is 8.26. The topological polar surface area (TPSA) is 57.6 Å². The molecule has 0 saturated carbocycles. The van der Waals surface area contributed by atoms with Crippen molar-refractivity contribution in [3.05, 3.63) is 65.1 Å². The number of amides is 1. The van der Waals surface area contributed by atoms with E-state index in [0.29, 0.717) is 9.23 Å². The van der Waals surface area contributed by atoms with Crippen LogP contribution in [0.5, 0.6) is 0 Å². The van der Waals surface area contributed by atoms with Crippen molar-refractivity contribution in [2.24, 2.45) is 0 Å². The monoisotopic (exact) mass is 369 g/mol. The summed E-state index contributed by atoms with van der Waals surface area (Å²) in [7, 11) is 0. The highest BCUT2D eigenvalue weighted by Gasteiger charge is 2.31. The number of hydrogen-bond acceptors (Lipinski definition) is 4. The van der Waals surface area contributed by atoms with Gasteiger partial charge in [0.2, 0.25) is 0 Å². The fourth-order valence-electron chi connectivity index (χ4n) is 2.45. The Morgan fingerprint density at radius 3 is 2.36 bits per heavy atom. The summed E-state index contributed by atoms with van der Waals surface area (Å²) in [4.78, 5) is 24.9. The van der Waals surface area contributed by atoms with Gasteiger partial charge in [-0.15, -0.1) is 0 Å². The lowest BCUT2D eigenvalue weighted by atomic mass is 10.0. The van der Waals surface area contributed by atoms with Gasteiger partial charge in [-0.05, 0) is 22.8 Å². The molecule has 0 bridgehead atoms. The summed E-state index contributed by atoms with van der Waals surface area (Å²) < 4.78 is 0.401. The summed E-state index contributed by atoms with van der Waals surface area (Å²) >= 11 is 6.39. The molecule has 3 rings (SSSR count). The molecule has 4 nitrogen and oxygen atoms in total. The quantitative estimate of drug-likeness (QED) is 0.637. The van der Waals surface area contributed by atoms with Gasteiger partial charge in [0.25, 0.3) is 5.91 Å². The van der Waals surface area contributed by atoms with Gasteiger partial charge in [-0.2, -0.15) is 0 Å². The van der Waals surface area contributed by atoms with E-state index in [1.165, 1.54) is 16.7 Å². The van der Waals surface area contributed by atoms with Gasteiger partial charge in [0, 0.05) is 6.54 Å². The number of carbonyl (C=O) groups is 2. The zero-order valence-electron chi connectivity index (χ0n) is 13.2. The minimum absolute atomic E-state index is 0.101. The number of hydrogen-bond donors (Lipinski definition) is 1. The van der Waals surface area contributed by atoms with Crippen molar-refractivity contribution in [3.63, 3.8) is 0 Å². The molecule has 1 saturated heterocycles. The third-order valence-corrected chi connectivity index (χ3v) is 5.12. The molecule has 0 aliphatic carbocycles. The summed E-state index contributed by atoms with van der Waals surface area (Å²) in [5.74, 6) is -1.18. The molecule has 2 aromatic rings. The average molecular weight is 369 g/mol. The van der Waals surface area contributed by atoms with Crippen molar-refractivity contribution >= 4 is 46.3 Å². The standard InChI is InChI=1S/C19H15NO3S2/c21-17(22)10-11-20-18(23)16(25-19(20)24)12-13-6-8-15(9-7-13)14-4-2-1-3-5-14/h1-9,12H,10-11H2,(H,21,22). The molecule has 6 heteroatoms. The predicted octanol–water partition coefficient (Wildman–Crippen LogP) is 4.03. The van der Waals surface area contributed by atoms with Crippen molar-refractivity contribution in [3.8, 4) is 11.1 Å². The molecule has 126 valence electrons. The number of thiocarbonyl (C=S) groups is 1. The number of thioether (sulfide) groups is 1. The van der Waals surface area contributed by atoms with E-state index in [4.69, 9.17) is 17.3 Å². The van der Waals surface area contributed by atoms with Gasteiger partial charge in [-0.1, -0.05) is 78.6 Å². The Hall–Kier alpha value is -2.44. The lowest BCUT2D eigenvalue weighted by Gasteiger charge is -2.12.